The van der Waals surface area contributed by atoms with E-state index in [1.54, 1.807) is 11.8 Å². The summed E-state index contributed by atoms with van der Waals surface area (Å²) in [4.78, 5) is 28.6. The summed E-state index contributed by atoms with van der Waals surface area (Å²) in [5, 5.41) is 5.38. The molecule has 0 bridgehead atoms. The minimum atomic E-state index is -0.699. The minimum Gasteiger partial charge on any atom is -0.368 e. The zero-order valence-corrected chi connectivity index (χ0v) is 15.2. The topological polar surface area (TPSA) is 64.7 Å². The Morgan fingerprint density at radius 3 is 2.22 bits per heavy atom. The first-order valence-electron chi connectivity index (χ1n) is 8.95. The standard InChI is InChI=1S/C20H23FN4O2/c1-15(19(26)23-17-9-7-16(21)8-10-17)22-20(27)25-13-11-24(12-14-25)18-5-3-2-4-6-18/h2-10,15H,11-14H2,1H3,(H,22,27)(H,23,26)/t15-/m1/s1. The normalized spacial score (nSPS) is 15.2. The molecule has 0 aromatic heterocycles. The average molecular weight is 370 g/mol. The number of carbonyl (C=O) groups is 2. The van der Waals surface area contributed by atoms with Crippen molar-refractivity contribution in [2.45, 2.75) is 13.0 Å². The molecule has 1 aliphatic heterocycles. The van der Waals surface area contributed by atoms with Gasteiger partial charge in [0.2, 0.25) is 5.91 Å². The molecule has 1 heterocycles. The largest absolute Gasteiger partial charge is 0.368 e. The van der Waals surface area contributed by atoms with Gasteiger partial charge in [-0.2, -0.15) is 0 Å². The Balaban J connectivity index is 1.47. The van der Waals surface area contributed by atoms with E-state index in [1.165, 1.54) is 24.3 Å². The zero-order chi connectivity index (χ0) is 19.2. The maximum atomic E-state index is 12.9. The first-order valence-corrected chi connectivity index (χ1v) is 8.95. The third-order valence-corrected chi connectivity index (χ3v) is 4.53. The fraction of sp³-hybridized carbons (Fsp3) is 0.300. The molecule has 0 radical (unpaired) electrons. The third-order valence-electron chi connectivity index (χ3n) is 4.53. The van der Waals surface area contributed by atoms with Gasteiger partial charge in [0.25, 0.3) is 0 Å². The predicted molar refractivity (Wildman–Crippen MR) is 103 cm³/mol. The molecule has 0 spiro atoms. The van der Waals surface area contributed by atoms with Gasteiger partial charge >= 0.3 is 6.03 Å². The number of urea groups is 1. The van der Waals surface area contributed by atoms with Gasteiger partial charge in [-0.25, -0.2) is 9.18 Å². The Hall–Kier alpha value is -3.09. The lowest BCUT2D eigenvalue weighted by atomic mass is 10.2. The Morgan fingerprint density at radius 2 is 1.59 bits per heavy atom. The second kappa shape index (κ2) is 8.53. The number of para-hydroxylation sites is 1. The monoisotopic (exact) mass is 370 g/mol. The molecule has 27 heavy (non-hydrogen) atoms. The molecule has 1 fully saturated rings. The predicted octanol–water partition coefficient (Wildman–Crippen LogP) is 2.68. The highest BCUT2D eigenvalue weighted by Gasteiger charge is 2.24. The number of benzene rings is 2. The summed E-state index contributed by atoms with van der Waals surface area (Å²) in [5.41, 5.74) is 1.63. The van der Waals surface area contributed by atoms with Crippen LogP contribution < -0.4 is 15.5 Å². The summed E-state index contributed by atoms with van der Waals surface area (Å²) in [6.45, 7) is 4.29. The van der Waals surface area contributed by atoms with Crippen LogP contribution in [0.5, 0.6) is 0 Å². The van der Waals surface area contributed by atoms with Crippen molar-refractivity contribution in [1.29, 1.82) is 0 Å². The van der Waals surface area contributed by atoms with E-state index in [2.05, 4.69) is 27.7 Å². The van der Waals surface area contributed by atoms with Gasteiger partial charge in [0, 0.05) is 37.6 Å². The first-order chi connectivity index (χ1) is 13.0. The zero-order valence-electron chi connectivity index (χ0n) is 15.2. The molecule has 6 nitrogen and oxygen atoms in total. The van der Waals surface area contributed by atoms with E-state index < -0.39 is 6.04 Å². The van der Waals surface area contributed by atoms with Crippen molar-refractivity contribution in [2.75, 3.05) is 36.4 Å². The minimum absolute atomic E-state index is 0.260. The molecular weight excluding hydrogens is 347 g/mol. The number of anilines is 2. The van der Waals surface area contributed by atoms with Gasteiger partial charge in [0.15, 0.2) is 0 Å². The Kier molecular flexibility index (Phi) is 5.90. The second-order valence-corrected chi connectivity index (χ2v) is 6.48. The van der Waals surface area contributed by atoms with Gasteiger partial charge in [-0.1, -0.05) is 18.2 Å². The summed E-state index contributed by atoms with van der Waals surface area (Å²) in [6.07, 6.45) is 0. The maximum Gasteiger partial charge on any atom is 0.318 e. The lowest BCUT2D eigenvalue weighted by Gasteiger charge is -2.36. The summed E-state index contributed by atoms with van der Waals surface area (Å²) in [7, 11) is 0. The molecule has 3 rings (SSSR count). The van der Waals surface area contributed by atoms with Gasteiger partial charge in [0.05, 0.1) is 0 Å². The smallest absolute Gasteiger partial charge is 0.318 e. The summed E-state index contributed by atoms with van der Waals surface area (Å²) >= 11 is 0. The van der Waals surface area contributed by atoms with Crippen LogP contribution in [0.15, 0.2) is 54.6 Å². The van der Waals surface area contributed by atoms with E-state index in [-0.39, 0.29) is 17.8 Å². The fourth-order valence-corrected chi connectivity index (χ4v) is 2.93. The molecule has 1 aliphatic rings. The van der Waals surface area contributed by atoms with Gasteiger partial charge in [-0.05, 0) is 43.3 Å². The van der Waals surface area contributed by atoms with Crippen LogP contribution in [0.1, 0.15) is 6.92 Å². The van der Waals surface area contributed by atoms with Crippen LogP contribution in [-0.4, -0.2) is 49.1 Å². The number of nitrogens with one attached hydrogen (secondary N) is 2. The molecule has 0 aliphatic carbocycles. The van der Waals surface area contributed by atoms with Gasteiger partial charge in [-0.3, -0.25) is 4.79 Å². The van der Waals surface area contributed by atoms with Crippen molar-refractivity contribution in [1.82, 2.24) is 10.2 Å². The van der Waals surface area contributed by atoms with E-state index in [1.807, 2.05) is 18.2 Å². The van der Waals surface area contributed by atoms with Crippen LogP contribution >= 0.6 is 0 Å². The summed E-state index contributed by atoms with van der Waals surface area (Å²) in [5.74, 6) is -0.720. The first kappa shape index (κ1) is 18.7. The molecular formula is C20H23FN4O2. The highest BCUT2D eigenvalue weighted by molar-refractivity contribution is 5.96. The van der Waals surface area contributed by atoms with Crippen molar-refractivity contribution in [3.05, 3.63) is 60.4 Å². The highest BCUT2D eigenvalue weighted by atomic mass is 19.1. The molecule has 1 saturated heterocycles. The van der Waals surface area contributed by atoms with E-state index in [9.17, 15) is 14.0 Å². The van der Waals surface area contributed by atoms with Gasteiger partial charge in [0.1, 0.15) is 11.9 Å². The fourth-order valence-electron chi connectivity index (χ4n) is 2.93. The van der Waals surface area contributed by atoms with Crippen LogP contribution in [0.2, 0.25) is 0 Å². The van der Waals surface area contributed by atoms with Crippen molar-refractivity contribution < 1.29 is 14.0 Å². The van der Waals surface area contributed by atoms with Gasteiger partial charge < -0.3 is 20.4 Å². The van der Waals surface area contributed by atoms with E-state index in [0.717, 1.165) is 18.8 Å². The molecule has 1 atom stereocenters. The van der Waals surface area contributed by atoms with E-state index in [0.29, 0.717) is 18.8 Å². The number of hydrogen-bond acceptors (Lipinski definition) is 3. The van der Waals surface area contributed by atoms with Crippen LogP contribution in [-0.2, 0) is 4.79 Å². The number of halogens is 1. The molecule has 7 heteroatoms. The summed E-state index contributed by atoms with van der Waals surface area (Å²) < 4.78 is 12.9. The van der Waals surface area contributed by atoms with Gasteiger partial charge in [-0.15, -0.1) is 0 Å². The van der Waals surface area contributed by atoms with Crippen molar-refractivity contribution in [2.24, 2.45) is 0 Å². The van der Waals surface area contributed by atoms with Crippen molar-refractivity contribution in [3.63, 3.8) is 0 Å². The second-order valence-electron chi connectivity index (χ2n) is 6.48. The number of nitrogens with zero attached hydrogens (tertiary/aromatic N) is 2. The van der Waals surface area contributed by atoms with Crippen LogP contribution in [0.25, 0.3) is 0 Å². The molecule has 2 N–H and O–H groups in total. The maximum absolute atomic E-state index is 12.9. The lowest BCUT2D eigenvalue weighted by molar-refractivity contribution is -0.117. The Bertz CT molecular complexity index is 774. The van der Waals surface area contributed by atoms with Crippen molar-refractivity contribution >= 4 is 23.3 Å². The average Bonchev–Trinajstić information content (AvgIpc) is 2.70. The van der Waals surface area contributed by atoms with Crippen LogP contribution in [0.4, 0.5) is 20.6 Å². The molecule has 3 amide bonds. The molecule has 0 unspecified atom stereocenters. The Labute approximate surface area is 158 Å². The SMILES string of the molecule is C[C@@H](NC(=O)N1CCN(c2ccccc2)CC1)C(=O)Nc1ccc(F)cc1. The van der Waals surface area contributed by atoms with Crippen molar-refractivity contribution in [3.8, 4) is 0 Å². The molecule has 2 aromatic rings. The molecule has 142 valence electrons. The quantitative estimate of drug-likeness (QED) is 0.870. The number of carbonyl (C=O) groups excluding carboxylic acids is 2. The number of hydrogen-bond donors (Lipinski definition) is 2. The molecule has 2 aromatic carbocycles. The number of piperazine rings is 1. The van der Waals surface area contributed by atoms with E-state index in [4.69, 9.17) is 0 Å². The van der Waals surface area contributed by atoms with E-state index >= 15 is 0 Å². The third kappa shape index (κ3) is 4.97. The lowest BCUT2D eigenvalue weighted by Crippen LogP contribution is -2.54. The van der Waals surface area contributed by atoms with Crippen LogP contribution in [0, 0.1) is 5.82 Å². The highest BCUT2D eigenvalue weighted by Crippen LogP contribution is 2.15. The Morgan fingerprint density at radius 1 is 0.963 bits per heavy atom. The number of amides is 3. The van der Waals surface area contributed by atoms with Crippen LogP contribution in [0.3, 0.4) is 0 Å². The summed E-state index contributed by atoms with van der Waals surface area (Å²) in [6, 6.07) is 14.6. The number of rotatable bonds is 4. The molecule has 0 saturated carbocycles.